The second-order valence-corrected chi connectivity index (χ2v) is 14.7. The number of alkyl halides is 6. The molecule has 1 N–H and O–H groups in total. The van der Waals surface area contributed by atoms with Gasteiger partial charge in [-0.25, -0.2) is 4.90 Å². The van der Waals surface area contributed by atoms with Gasteiger partial charge in [0.25, 0.3) is 0 Å². The number of allylic oxidation sites excluding steroid dienone is 4. The molecule has 1 saturated heterocycles. The molecule has 0 spiro atoms. The molecule has 4 aromatic rings. The number of imide groups is 1. The van der Waals surface area contributed by atoms with E-state index < -0.39 is 87.6 Å². The first-order valence-electron chi connectivity index (χ1n) is 18.3. The summed E-state index contributed by atoms with van der Waals surface area (Å²) in [4.78, 5) is 59.4. The Labute approximate surface area is 322 Å². The molecular formula is C44H33F6NO6. The van der Waals surface area contributed by atoms with Crippen molar-refractivity contribution in [3.05, 3.63) is 143 Å². The van der Waals surface area contributed by atoms with E-state index in [-0.39, 0.29) is 42.6 Å². The van der Waals surface area contributed by atoms with Crippen LogP contribution in [0.25, 0.3) is 5.57 Å². The van der Waals surface area contributed by atoms with Gasteiger partial charge in [-0.15, -0.1) is 0 Å². The number of hydrogen-bond acceptors (Lipinski definition) is 6. The van der Waals surface area contributed by atoms with Gasteiger partial charge in [0.05, 0.1) is 40.7 Å². The van der Waals surface area contributed by atoms with Gasteiger partial charge >= 0.3 is 12.4 Å². The van der Waals surface area contributed by atoms with Gasteiger partial charge in [-0.3, -0.25) is 19.2 Å². The Morgan fingerprint density at radius 3 is 2.04 bits per heavy atom. The molecule has 8 rings (SSSR count). The molecule has 2 fully saturated rings. The summed E-state index contributed by atoms with van der Waals surface area (Å²) in [5.41, 5.74) is -3.81. The topological polar surface area (TPSA) is 101 Å². The molecule has 4 aliphatic rings. The standard InChI is InChI=1S/C44H33F6NO6/c1-2-57-35-17-24(13-16-34(35)52)38-29-14-15-30-37(41(56)51(40(30)55)28-19-26(43(45,46)47)18-27(20-28)44(48,49)50)32(29)21-33-39(54)31(23-9-5-3-6-10-23)22-36(53)42(33,38)25-11-7-4-8-12-25/h3-14,16-20,22,30,32-33,37-38,52H,2,15,21H2,1H3. The number of ketones is 2. The number of nitrogens with zero attached hydrogens (tertiary/aromatic N) is 1. The molecule has 13 heteroatoms. The van der Waals surface area contributed by atoms with Crippen molar-refractivity contribution in [2.45, 2.75) is 43.5 Å². The van der Waals surface area contributed by atoms with E-state index in [0.29, 0.717) is 39.3 Å². The second-order valence-electron chi connectivity index (χ2n) is 14.7. The minimum absolute atomic E-state index is 0.0756. The average Bonchev–Trinajstić information content (AvgIpc) is 3.45. The van der Waals surface area contributed by atoms with Gasteiger partial charge in [0.15, 0.2) is 23.1 Å². The van der Waals surface area contributed by atoms with Crippen LogP contribution in [0.2, 0.25) is 0 Å². The summed E-state index contributed by atoms with van der Waals surface area (Å²) in [5.74, 6) is -8.51. The van der Waals surface area contributed by atoms with E-state index in [4.69, 9.17) is 4.74 Å². The summed E-state index contributed by atoms with van der Waals surface area (Å²) in [6.07, 6.45) is -7.69. The van der Waals surface area contributed by atoms with Crippen molar-refractivity contribution in [1.29, 1.82) is 0 Å². The molecule has 1 aliphatic heterocycles. The Kier molecular flexibility index (Phi) is 9.05. The zero-order valence-corrected chi connectivity index (χ0v) is 30.1. The van der Waals surface area contributed by atoms with E-state index in [1.54, 1.807) is 85.8 Å². The third-order valence-electron chi connectivity index (χ3n) is 11.8. The summed E-state index contributed by atoms with van der Waals surface area (Å²) in [7, 11) is 0. The largest absolute Gasteiger partial charge is 0.504 e. The molecule has 3 aliphatic carbocycles. The minimum Gasteiger partial charge on any atom is -0.504 e. The molecule has 6 atom stereocenters. The third-order valence-corrected chi connectivity index (χ3v) is 11.8. The van der Waals surface area contributed by atoms with Crippen LogP contribution in [0.1, 0.15) is 53.5 Å². The van der Waals surface area contributed by atoms with Crippen molar-refractivity contribution < 1.29 is 55.4 Å². The lowest BCUT2D eigenvalue weighted by molar-refractivity contribution is -0.143. The first kappa shape index (κ1) is 37.9. The molecular weight excluding hydrogens is 752 g/mol. The number of phenols is 1. The van der Waals surface area contributed by atoms with E-state index in [1.165, 1.54) is 12.1 Å². The van der Waals surface area contributed by atoms with Crippen LogP contribution in [-0.2, 0) is 36.9 Å². The molecule has 57 heavy (non-hydrogen) atoms. The predicted molar refractivity (Wildman–Crippen MR) is 195 cm³/mol. The first-order valence-corrected chi connectivity index (χ1v) is 18.3. The number of fused-ring (bicyclic) bond motifs is 4. The lowest BCUT2D eigenvalue weighted by Crippen LogP contribution is -2.58. The van der Waals surface area contributed by atoms with Crippen molar-refractivity contribution in [2.24, 2.45) is 23.7 Å². The zero-order valence-electron chi connectivity index (χ0n) is 30.1. The summed E-state index contributed by atoms with van der Waals surface area (Å²) in [6, 6.07) is 22.4. The van der Waals surface area contributed by atoms with Gasteiger partial charge in [0.2, 0.25) is 11.8 Å². The quantitative estimate of drug-likeness (QED) is 0.119. The number of carbonyl (C=O) groups is 4. The van der Waals surface area contributed by atoms with Crippen LogP contribution in [0.4, 0.5) is 32.0 Å². The Morgan fingerprint density at radius 1 is 0.789 bits per heavy atom. The number of amides is 2. The van der Waals surface area contributed by atoms with Crippen molar-refractivity contribution in [3.63, 3.8) is 0 Å². The van der Waals surface area contributed by atoms with Crippen LogP contribution in [0.5, 0.6) is 11.5 Å². The molecule has 0 aromatic heterocycles. The first-order chi connectivity index (χ1) is 27.1. The monoisotopic (exact) mass is 785 g/mol. The Morgan fingerprint density at radius 2 is 1.42 bits per heavy atom. The van der Waals surface area contributed by atoms with Crippen molar-refractivity contribution in [1.82, 2.24) is 0 Å². The van der Waals surface area contributed by atoms with Crippen LogP contribution in [0.15, 0.2) is 115 Å². The van der Waals surface area contributed by atoms with Gasteiger partial charge in [-0.05, 0) is 78.8 Å². The Balaban J connectivity index is 1.34. The molecule has 6 unspecified atom stereocenters. The highest BCUT2D eigenvalue weighted by molar-refractivity contribution is 6.32. The number of aromatic hydroxyl groups is 1. The highest BCUT2D eigenvalue weighted by atomic mass is 19.4. The SMILES string of the molecule is CCOc1cc(C2C3=CCC4C(=O)N(c5cc(C(F)(F)F)cc(C(F)(F)F)c5)C(=O)C4C3CC3C(=O)C(c4ccccc4)=CC(=O)C32c2ccccc2)ccc1O. The third kappa shape index (κ3) is 5.97. The number of rotatable bonds is 6. The van der Waals surface area contributed by atoms with Gasteiger partial charge in [-0.2, -0.15) is 26.3 Å². The van der Waals surface area contributed by atoms with E-state index in [9.17, 15) is 41.0 Å². The number of hydrogen-bond donors (Lipinski definition) is 1. The maximum atomic E-state index is 15.2. The van der Waals surface area contributed by atoms with Crippen LogP contribution in [0, 0.1) is 23.7 Å². The maximum absolute atomic E-state index is 15.2. The number of anilines is 1. The molecule has 4 aromatic carbocycles. The van der Waals surface area contributed by atoms with Crippen molar-refractivity contribution in [2.75, 3.05) is 11.5 Å². The number of halogens is 6. The van der Waals surface area contributed by atoms with Crippen LogP contribution < -0.4 is 9.64 Å². The minimum atomic E-state index is -5.23. The number of Topliss-reactive ketones (excluding diaryl/α,β-unsaturated/α-hetero) is 1. The number of carbonyl (C=O) groups excluding carboxylic acids is 4. The fourth-order valence-electron chi connectivity index (χ4n) is 9.55. The van der Waals surface area contributed by atoms with E-state index in [1.807, 2.05) is 0 Å². The lowest BCUT2D eigenvalue weighted by Gasteiger charge is -2.55. The number of benzene rings is 4. The zero-order chi connectivity index (χ0) is 40.6. The number of ether oxygens (including phenoxy) is 1. The van der Waals surface area contributed by atoms with Gasteiger partial charge in [0, 0.05) is 17.4 Å². The smallest absolute Gasteiger partial charge is 0.416 e. The molecule has 292 valence electrons. The lowest BCUT2D eigenvalue weighted by atomic mass is 9.44. The maximum Gasteiger partial charge on any atom is 0.416 e. The van der Waals surface area contributed by atoms with Crippen molar-refractivity contribution >= 4 is 34.6 Å². The van der Waals surface area contributed by atoms with E-state index in [0.717, 1.165) is 0 Å². The summed E-state index contributed by atoms with van der Waals surface area (Å²) in [6.45, 7) is 1.88. The fraction of sp³-hybridized carbons (Fsp3) is 0.273. The van der Waals surface area contributed by atoms with Crippen LogP contribution >= 0.6 is 0 Å². The normalized spacial score (nSPS) is 26.0. The molecule has 0 bridgehead atoms. The Bertz CT molecular complexity index is 2360. The highest BCUT2D eigenvalue weighted by Crippen LogP contribution is 2.64. The molecule has 7 nitrogen and oxygen atoms in total. The summed E-state index contributed by atoms with van der Waals surface area (Å²) >= 11 is 0. The molecule has 0 radical (unpaired) electrons. The molecule has 2 amide bonds. The van der Waals surface area contributed by atoms with Gasteiger partial charge < -0.3 is 9.84 Å². The average molecular weight is 786 g/mol. The van der Waals surface area contributed by atoms with Gasteiger partial charge in [0.1, 0.15) is 0 Å². The van der Waals surface area contributed by atoms with Crippen LogP contribution in [-0.4, -0.2) is 35.1 Å². The summed E-state index contributed by atoms with van der Waals surface area (Å²) in [5, 5.41) is 10.7. The Hall–Kier alpha value is -5.98. The van der Waals surface area contributed by atoms with E-state index >= 15 is 9.59 Å². The highest BCUT2D eigenvalue weighted by Gasteiger charge is 2.66. The van der Waals surface area contributed by atoms with Crippen molar-refractivity contribution in [3.8, 4) is 11.5 Å². The van der Waals surface area contributed by atoms with Gasteiger partial charge in [-0.1, -0.05) is 78.4 Å². The number of phenolic OH excluding ortho intramolecular Hbond substituents is 1. The van der Waals surface area contributed by atoms with E-state index in [2.05, 4.69) is 0 Å². The summed E-state index contributed by atoms with van der Waals surface area (Å²) < 4.78 is 89.4. The molecule has 1 heterocycles. The second kappa shape index (κ2) is 13.6. The van der Waals surface area contributed by atoms with Crippen LogP contribution in [0.3, 0.4) is 0 Å². The fourth-order valence-corrected chi connectivity index (χ4v) is 9.55. The molecule has 1 saturated carbocycles. The predicted octanol–water partition coefficient (Wildman–Crippen LogP) is 8.86.